The number of hydrogen-bond acceptors (Lipinski definition) is 6. The van der Waals surface area contributed by atoms with Crippen LogP contribution in [-0.4, -0.2) is 58.1 Å². The van der Waals surface area contributed by atoms with Gasteiger partial charge in [-0.15, -0.1) is 0 Å². The molecule has 196 valence electrons. The highest BCUT2D eigenvalue weighted by Gasteiger charge is 2.24. The van der Waals surface area contributed by atoms with Crippen LogP contribution >= 0.6 is 0 Å². The van der Waals surface area contributed by atoms with Gasteiger partial charge in [0.15, 0.2) is 0 Å². The van der Waals surface area contributed by atoms with E-state index in [2.05, 4.69) is 10.6 Å². The van der Waals surface area contributed by atoms with E-state index in [-0.39, 0.29) is 24.0 Å². The number of benzene rings is 2. The lowest BCUT2D eigenvalue weighted by molar-refractivity contribution is -0.142. The van der Waals surface area contributed by atoms with Crippen LogP contribution in [0.2, 0.25) is 0 Å². The third-order valence-electron chi connectivity index (χ3n) is 4.82. The first kappa shape index (κ1) is 30.1. The van der Waals surface area contributed by atoms with Gasteiger partial charge in [0.1, 0.15) is 23.7 Å². The third kappa shape index (κ3) is 10.2. The number of aliphatic carboxylic acids is 2. The summed E-state index contributed by atoms with van der Waals surface area (Å²) in [6, 6.07) is 7.64. The zero-order valence-electron chi connectivity index (χ0n) is 19.8. The number of halogens is 2. The molecule has 0 fully saturated rings. The number of carbonyl (C=O) groups excluding carboxylic acids is 2. The molecule has 0 aromatic heterocycles. The van der Waals surface area contributed by atoms with E-state index in [0.717, 1.165) is 0 Å². The highest BCUT2D eigenvalue weighted by atomic mass is 19.1. The van der Waals surface area contributed by atoms with Crippen molar-refractivity contribution in [1.29, 1.82) is 0 Å². The van der Waals surface area contributed by atoms with E-state index in [1.807, 2.05) is 0 Å². The number of carboxylic acid groups (broad SMARTS) is 2. The Balaban J connectivity index is 0.000000360. The highest BCUT2D eigenvalue weighted by Crippen LogP contribution is 2.10. The molecule has 36 heavy (non-hydrogen) atoms. The molecule has 0 aliphatic heterocycles. The quantitative estimate of drug-likeness (QED) is 0.269. The van der Waals surface area contributed by atoms with Crippen LogP contribution in [0, 0.1) is 11.6 Å². The molecule has 2 amide bonds. The van der Waals surface area contributed by atoms with Gasteiger partial charge < -0.3 is 32.3 Å². The van der Waals surface area contributed by atoms with Gasteiger partial charge in [0.05, 0.1) is 12.1 Å². The van der Waals surface area contributed by atoms with Crippen molar-refractivity contribution in [1.82, 2.24) is 10.6 Å². The lowest BCUT2D eigenvalue weighted by Crippen LogP contribution is -2.48. The van der Waals surface area contributed by atoms with Crippen molar-refractivity contribution < 1.29 is 38.2 Å². The van der Waals surface area contributed by atoms with Crippen LogP contribution in [0.3, 0.4) is 0 Å². The fraction of sp³-hybridized carbons (Fsp3) is 0.333. The van der Waals surface area contributed by atoms with Crippen molar-refractivity contribution >= 4 is 23.8 Å². The van der Waals surface area contributed by atoms with Gasteiger partial charge in [-0.05, 0) is 37.1 Å². The molecule has 8 N–H and O–H groups in total. The summed E-state index contributed by atoms with van der Waals surface area (Å²) in [6.07, 6.45) is -0.249. The minimum absolute atomic E-state index is 0.125. The van der Waals surface area contributed by atoms with Gasteiger partial charge in [0, 0.05) is 12.8 Å². The number of amides is 2. The van der Waals surface area contributed by atoms with Crippen LogP contribution in [0.4, 0.5) is 8.78 Å². The average Bonchev–Trinajstić information content (AvgIpc) is 2.80. The largest absolute Gasteiger partial charge is 0.480 e. The first-order chi connectivity index (χ1) is 16.8. The summed E-state index contributed by atoms with van der Waals surface area (Å²) >= 11 is 0. The molecule has 0 bridgehead atoms. The molecule has 0 radical (unpaired) electrons. The molecule has 2 aromatic rings. The number of rotatable bonds is 10. The Kier molecular flexibility index (Phi) is 12.1. The number of hydrogen-bond donors (Lipinski definition) is 6. The van der Waals surface area contributed by atoms with Crippen molar-refractivity contribution in [2.45, 2.75) is 50.9 Å². The first-order valence-electron chi connectivity index (χ1n) is 10.9. The van der Waals surface area contributed by atoms with Gasteiger partial charge in [0.2, 0.25) is 11.8 Å². The van der Waals surface area contributed by atoms with Crippen LogP contribution < -0.4 is 22.1 Å². The third-order valence-corrected chi connectivity index (χ3v) is 4.82. The van der Waals surface area contributed by atoms with Gasteiger partial charge in [-0.1, -0.05) is 36.4 Å². The Morgan fingerprint density at radius 2 is 1.03 bits per heavy atom. The molecule has 2 rings (SSSR count). The summed E-state index contributed by atoms with van der Waals surface area (Å²) in [5, 5.41) is 22.5. The highest BCUT2D eigenvalue weighted by molar-refractivity contribution is 5.87. The van der Waals surface area contributed by atoms with Gasteiger partial charge in [-0.3, -0.25) is 9.59 Å². The Morgan fingerprint density at radius 1 is 0.722 bits per heavy atom. The van der Waals surface area contributed by atoms with Crippen LogP contribution in [0.1, 0.15) is 25.0 Å². The topological polar surface area (TPSA) is 185 Å². The molecular weight excluding hydrogens is 478 g/mol. The first-order valence-corrected chi connectivity index (χ1v) is 10.9. The summed E-state index contributed by atoms with van der Waals surface area (Å²) < 4.78 is 26.8. The second kappa shape index (κ2) is 14.5. The molecule has 2 aromatic carbocycles. The zero-order valence-corrected chi connectivity index (χ0v) is 19.8. The fourth-order valence-corrected chi connectivity index (χ4v) is 2.77. The summed E-state index contributed by atoms with van der Waals surface area (Å²) in [5.74, 6) is -4.63. The normalized spacial score (nSPS) is 13.7. The van der Waals surface area contributed by atoms with E-state index in [0.29, 0.717) is 0 Å². The summed E-state index contributed by atoms with van der Waals surface area (Å²) in [4.78, 5) is 44.7. The van der Waals surface area contributed by atoms with Gasteiger partial charge >= 0.3 is 11.9 Å². The summed E-state index contributed by atoms with van der Waals surface area (Å²) in [6.45, 7) is 2.88. The molecule has 0 saturated heterocycles. The Hall–Kier alpha value is -3.90. The van der Waals surface area contributed by atoms with E-state index in [4.69, 9.17) is 21.7 Å². The van der Waals surface area contributed by atoms with E-state index < -0.39 is 59.6 Å². The Bertz CT molecular complexity index is 981. The van der Waals surface area contributed by atoms with Crippen molar-refractivity contribution in [3.8, 4) is 0 Å². The molecule has 0 aliphatic carbocycles. The van der Waals surface area contributed by atoms with Crippen molar-refractivity contribution in [2.75, 3.05) is 0 Å². The lowest BCUT2D eigenvalue weighted by atomic mass is 10.1. The average molecular weight is 509 g/mol. The zero-order chi connectivity index (χ0) is 27.4. The summed E-state index contributed by atoms with van der Waals surface area (Å²) in [5.41, 5.74) is 11.1. The molecule has 0 aliphatic rings. The van der Waals surface area contributed by atoms with Gasteiger partial charge in [0.25, 0.3) is 0 Å². The van der Waals surface area contributed by atoms with E-state index in [9.17, 15) is 28.0 Å². The van der Waals surface area contributed by atoms with Gasteiger partial charge in [-0.25, -0.2) is 18.4 Å². The fourth-order valence-electron chi connectivity index (χ4n) is 2.77. The predicted octanol–water partition coefficient (Wildman–Crippen LogP) is 0.570. The Morgan fingerprint density at radius 3 is 1.28 bits per heavy atom. The second-order valence-electron chi connectivity index (χ2n) is 7.97. The maximum Gasteiger partial charge on any atom is 0.326 e. The lowest BCUT2D eigenvalue weighted by Gasteiger charge is -2.16. The second-order valence-corrected chi connectivity index (χ2v) is 7.97. The SMILES string of the molecule is C[C@H](N)C(=O)N[C@@H](Cc1ccccc1F)C(=O)O.C[C@H](N)C(=O)N[C@H](Cc1ccccc1F)C(=O)O. The standard InChI is InChI=1S/2C12H15FN2O3/c2*1-7(14)11(16)15-10(12(17)18)6-8-4-2-3-5-9(8)13/h2*2-5,7,10H,6,14H2,1H3,(H,15,16)(H,17,18)/t7-,10+;7-,10-/m00/s1. The van der Waals surface area contributed by atoms with Crippen LogP contribution in [0.15, 0.2) is 48.5 Å². The maximum atomic E-state index is 13.4. The maximum absolute atomic E-state index is 13.4. The molecule has 10 nitrogen and oxygen atoms in total. The molecule has 0 spiro atoms. The van der Waals surface area contributed by atoms with E-state index in [1.54, 1.807) is 12.1 Å². The monoisotopic (exact) mass is 508 g/mol. The van der Waals surface area contributed by atoms with Crippen LogP contribution in [-0.2, 0) is 32.0 Å². The number of nitrogens with two attached hydrogens (primary N) is 2. The minimum Gasteiger partial charge on any atom is -0.480 e. The number of carbonyl (C=O) groups is 4. The molecule has 0 unspecified atom stereocenters. The van der Waals surface area contributed by atoms with Crippen molar-refractivity contribution in [3.63, 3.8) is 0 Å². The smallest absolute Gasteiger partial charge is 0.326 e. The number of nitrogens with one attached hydrogen (secondary N) is 2. The van der Waals surface area contributed by atoms with Crippen molar-refractivity contribution in [3.05, 3.63) is 71.3 Å². The predicted molar refractivity (Wildman–Crippen MR) is 127 cm³/mol. The van der Waals surface area contributed by atoms with Crippen molar-refractivity contribution in [2.24, 2.45) is 11.5 Å². The van der Waals surface area contributed by atoms with E-state index >= 15 is 0 Å². The molecule has 4 atom stereocenters. The minimum atomic E-state index is -1.23. The molecule has 0 heterocycles. The molecular formula is C24H30F2N4O6. The molecule has 12 heteroatoms. The Labute approximate surface area is 206 Å². The summed E-state index contributed by atoms with van der Waals surface area (Å²) in [7, 11) is 0. The van der Waals surface area contributed by atoms with Crippen LogP contribution in [0.25, 0.3) is 0 Å². The molecule has 0 saturated carbocycles. The van der Waals surface area contributed by atoms with E-state index in [1.165, 1.54) is 50.2 Å². The number of carboxylic acids is 2. The van der Waals surface area contributed by atoms with Crippen LogP contribution in [0.5, 0.6) is 0 Å². The van der Waals surface area contributed by atoms with Gasteiger partial charge in [-0.2, -0.15) is 0 Å².